The first-order chi connectivity index (χ1) is 10.1. The van der Waals surface area contributed by atoms with Gasteiger partial charge < -0.3 is 15.0 Å². The van der Waals surface area contributed by atoms with Gasteiger partial charge in [0, 0.05) is 24.8 Å². The van der Waals surface area contributed by atoms with E-state index in [0.717, 1.165) is 24.9 Å². The van der Waals surface area contributed by atoms with Gasteiger partial charge in [0.15, 0.2) is 0 Å². The summed E-state index contributed by atoms with van der Waals surface area (Å²) in [4.78, 5) is 21.2. The van der Waals surface area contributed by atoms with Crippen LogP contribution in [0.1, 0.15) is 24.5 Å². The Kier molecular flexibility index (Phi) is 3.41. The van der Waals surface area contributed by atoms with Gasteiger partial charge in [-0.1, -0.05) is 13.3 Å². The Labute approximate surface area is 123 Å². The minimum absolute atomic E-state index is 0.159. The number of nitrogens with zero attached hydrogens (tertiary/aromatic N) is 2. The van der Waals surface area contributed by atoms with E-state index in [2.05, 4.69) is 21.9 Å². The molecule has 2 heterocycles. The molecule has 0 amide bonds. The van der Waals surface area contributed by atoms with Crippen molar-refractivity contribution in [2.24, 2.45) is 0 Å². The molecule has 0 atom stereocenters. The molecule has 110 valence electrons. The number of likely N-dealkylation sites (N-methyl/N-ethyl adjacent to an activating group) is 1. The topological polar surface area (TPSA) is 69.2 Å². The van der Waals surface area contributed by atoms with Crippen LogP contribution < -0.4 is 10.5 Å². The van der Waals surface area contributed by atoms with Crippen molar-refractivity contribution in [2.75, 3.05) is 18.5 Å². The van der Waals surface area contributed by atoms with Gasteiger partial charge in [-0.2, -0.15) is 4.98 Å². The summed E-state index contributed by atoms with van der Waals surface area (Å²) in [6.45, 7) is 2.97. The molecule has 0 fully saturated rings. The minimum Gasteiger partial charge on any atom is -0.493 e. The molecule has 0 aliphatic carbocycles. The molecule has 0 bridgehead atoms. The Morgan fingerprint density at radius 2 is 2.24 bits per heavy atom. The van der Waals surface area contributed by atoms with Gasteiger partial charge in [0.05, 0.1) is 5.56 Å². The van der Waals surface area contributed by atoms with Crippen LogP contribution in [0.5, 0.6) is 5.88 Å². The van der Waals surface area contributed by atoms with Gasteiger partial charge in [-0.15, -0.1) is 0 Å². The van der Waals surface area contributed by atoms with E-state index in [1.807, 2.05) is 25.1 Å². The lowest BCUT2D eigenvalue weighted by molar-refractivity contribution is 0.443. The fourth-order valence-corrected chi connectivity index (χ4v) is 2.81. The molecule has 0 unspecified atom stereocenters. The molecule has 1 aromatic heterocycles. The van der Waals surface area contributed by atoms with E-state index >= 15 is 0 Å². The Balaban J connectivity index is 2.04. The SMILES string of the molecule is CCCc1c(O)nc(-c2ccc3c(c2)CCN3C)[nH]c1=O. The first-order valence-corrected chi connectivity index (χ1v) is 7.26. The van der Waals surface area contributed by atoms with E-state index in [1.165, 1.54) is 11.3 Å². The third-order valence-corrected chi connectivity index (χ3v) is 3.97. The lowest BCUT2D eigenvalue weighted by Gasteiger charge is -2.12. The summed E-state index contributed by atoms with van der Waals surface area (Å²) in [5.41, 5.74) is 3.40. The zero-order valence-corrected chi connectivity index (χ0v) is 12.3. The molecule has 2 N–H and O–H groups in total. The first-order valence-electron chi connectivity index (χ1n) is 7.26. The van der Waals surface area contributed by atoms with Crippen molar-refractivity contribution >= 4 is 5.69 Å². The standard InChI is InChI=1S/C16H19N3O2/c1-3-4-12-15(20)17-14(18-16(12)21)11-5-6-13-10(9-11)7-8-19(13)2/h5-6,9H,3-4,7-8H2,1-2H3,(H2,17,18,20,21). The second kappa shape index (κ2) is 5.24. The second-order valence-electron chi connectivity index (χ2n) is 5.48. The van der Waals surface area contributed by atoms with Gasteiger partial charge in [-0.25, -0.2) is 0 Å². The number of aromatic hydroxyl groups is 1. The summed E-state index contributed by atoms with van der Waals surface area (Å²) in [5, 5.41) is 9.96. The van der Waals surface area contributed by atoms with Crippen LogP contribution in [-0.4, -0.2) is 28.7 Å². The zero-order valence-electron chi connectivity index (χ0n) is 12.3. The molecule has 5 heteroatoms. The number of aromatic nitrogens is 2. The summed E-state index contributed by atoms with van der Waals surface area (Å²) in [5.74, 6) is 0.267. The maximum Gasteiger partial charge on any atom is 0.258 e. The third-order valence-electron chi connectivity index (χ3n) is 3.97. The van der Waals surface area contributed by atoms with E-state index in [1.54, 1.807) is 0 Å². The van der Waals surface area contributed by atoms with Crippen molar-refractivity contribution in [3.8, 4) is 17.3 Å². The van der Waals surface area contributed by atoms with Crippen LogP contribution in [0.4, 0.5) is 5.69 Å². The number of nitrogens with one attached hydrogen (secondary N) is 1. The van der Waals surface area contributed by atoms with Crippen molar-refractivity contribution in [1.82, 2.24) is 9.97 Å². The number of benzene rings is 1. The van der Waals surface area contributed by atoms with Crippen LogP contribution >= 0.6 is 0 Å². The van der Waals surface area contributed by atoms with Crippen molar-refractivity contribution in [3.63, 3.8) is 0 Å². The number of hydrogen-bond acceptors (Lipinski definition) is 4. The van der Waals surface area contributed by atoms with Gasteiger partial charge >= 0.3 is 0 Å². The lowest BCUT2D eigenvalue weighted by atomic mass is 10.1. The molecule has 3 rings (SSSR count). The first kappa shape index (κ1) is 13.7. The minimum atomic E-state index is -0.253. The van der Waals surface area contributed by atoms with Crippen molar-refractivity contribution in [3.05, 3.63) is 39.7 Å². The van der Waals surface area contributed by atoms with E-state index < -0.39 is 0 Å². The van der Waals surface area contributed by atoms with Gasteiger partial charge in [0.25, 0.3) is 5.56 Å². The molecule has 1 aliphatic heterocycles. The molecule has 2 aromatic rings. The van der Waals surface area contributed by atoms with E-state index in [4.69, 9.17) is 0 Å². The predicted molar refractivity (Wildman–Crippen MR) is 82.9 cm³/mol. The highest BCUT2D eigenvalue weighted by molar-refractivity contribution is 5.66. The number of hydrogen-bond donors (Lipinski definition) is 2. The van der Waals surface area contributed by atoms with Crippen LogP contribution in [0.2, 0.25) is 0 Å². The van der Waals surface area contributed by atoms with Gasteiger partial charge in [0.2, 0.25) is 5.88 Å². The Morgan fingerprint density at radius 3 is 2.95 bits per heavy atom. The smallest absolute Gasteiger partial charge is 0.258 e. The fraction of sp³-hybridized carbons (Fsp3) is 0.375. The summed E-state index contributed by atoms with van der Waals surface area (Å²) < 4.78 is 0. The Bertz CT molecular complexity index is 737. The van der Waals surface area contributed by atoms with Crippen LogP contribution in [-0.2, 0) is 12.8 Å². The molecule has 0 saturated carbocycles. The summed E-state index contributed by atoms with van der Waals surface area (Å²) in [7, 11) is 2.07. The van der Waals surface area contributed by atoms with Crippen LogP contribution in [0.3, 0.4) is 0 Å². The number of aromatic amines is 1. The average molecular weight is 285 g/mol. The molecule has 1 aromatic carbocycles. The zero-order chi connectivity index (χ0) is 15.0. The highest BCUT2D eigenvalue weighted by atomic mass is 16.3. The van der Waals surface area contributed by atoms with Crippen LogP contribution in [0, 0.1) is 0 Å². The summed E-state index contributed by atoms with van der Waals surface area (Å²) in [6.07, 6.45) is 2.32. The Hall–Kier alpha value is -2.30. The summed E-state index contributed by atoms with van der Waals surface area (Å²) >= 11 is 0. The summed E-state index contributed by atoms with van der Waals surface area (Å²) in [6, 6.07) is 6.00. The second-order valence-corrected chi connectivity index (χ2v) is 5.48. The van der Waals surface area contributed by atoms with Crippen molar-refractivity contribution in [1.29, 1.82) is 0 Å². The maximum atomic E-state index is 12.0. The molecular weight excluding hydrogens is 266 g/mol. The van der Waals surface area contributed by atoms with Gasteiger partial charge in [-0.3, -0.25) is 4.79 Å². The number of H-pyrrole nitrogens is 1. The van der Waals surface area contributed by atoms with E-state index in [9.17, 15) is 9.90 Å². The third kappa shape index (κ3) is 2.39. The van der Waals surface area contributed by atoms with Crippen LogP contribution in [0.25, 0.3) is 11.4 Å². The fourth-order valence-electron chi connectivity index (χ4n) is 2.81. The quantitative estimate of drug-likeness (QED) is 0.906. The van der Waals surface area contributed by atoms with Gasteiger partial charge in [0.1, 0.15) is 5.82 Å². The molecular formula is C16H19N3O2. The largest absolute Gasteiger partial charge is 0.493 e. The highest BCUT2D eigenvalue weighted by Crippen LogP contribution is 2.30. The van der Waals surface area contributed by atoms with Gasteiger partial charge in [-0.05, 0) is 36.6 Å². The Morgan fingerprint density at radius 1 is 1.43 bits per heavy atom. The normalized spacial score (nSPS) is 13.5. The van der Waals surface area contributed by atoms with E-state index in [0.29, 0.717) is 17.8 Å². The molecule has 0 spiro atoms. The number of rotatable bonds is 3. The monoisotopic (exact) mass is 285 g/mol. The number of anilines is 1. The molecule has 0 saturated heterocycles. The molecule has 21 heavy (non-hydrogen) atoms. The maximum absolute atomic E-state index is 12.0. The number of fused-ring (bicyclic) bond motifs is 1. The molecule has 5 nitrogen and oxygen atoms in total. The highest BCUT2D eigenvalue weighted by Gasteiger charge is 2.17. The van der Waals surface area contributed by atoms with E-state index in [-0.39, 0.29) is 11.4 Å². The van der Waals surface area contributed by atoms with Crippen molar-refractivity contribution < 1.29 is 5.11 Å². The average Bonchev–Trinajstić information content (AvgIpc) is 2.84. The molecule has 1 aliphatic rings. The van der Waals surface area contributed by atoms with Crippen molar-refractivity contribution in [2.45, 2.75) is 26.2 Å². The van der Waals surface area contributed by atoms with Crippen LogP contribution in [0.15, 0.2) is 23.0 Å². The lowest BCUT2D eigenvalue weighted by Crippen LogP contribution is -2.15. The predicted octanol–water partition coefficient (Wildman–Crippen LogP) is 2.09. The molecule has 0 radical (unpaired) electrons.